The molecule has 6 heteroatoms. The maximum Gasteiger partial charge on any atom is 0.200 e. The molecule has 0 saturated carbocycles. The summed E-state index contributed by atoms with van der Waals surface area (Å²) < 4.78 is 0. The Hall–Kier alpha value is -2.05. The van der Waals surface area contributed by atoms with Gasteiger partial charge in [0.25, 0.3) is 0 Å². The van der Waals surface area contributed by atoms with Crippen molar-refractivity contribution in [3.05, 3.63) is 52.1 Å². The Labute approximate surface area is 127 Å². The normalized spacial score (nSPS) is 12.5. The van der Waals surface area contributed by atoms with Crippen molar-refractivity contribution in [2.24, 2.45) is 5.73 Å². The highest BCUT2D eigenvalue weighted by Gasteiger charge is 2.14. The smallest absolute Gasteiger partial charge is 0.200 e. The van der Waals surface area contributed by atoms with Gasteiger partial charge in [-0.3, -0.25) is 5.10 Å². The predicted molar refractivity (Wildman–Crippen MR) is 83.9 cm³/mol. The SMILES string of the molecule is Cc1nc(-c2n[nH]c([C@H](N)CCc3ccccc3)n2)cs1. The van der Waals surface area contributed by atoms with Gasteiger partial charge >= 0.3 is 0 Å². The van der Waals surface area contributed by atoms with Crippen LogP contribution in [-0.4, -0.2) is 20.2 Å². The number of nitrogens with zero attached hydrogens (tertiary/aromatic N) is 3. The topological polar surface area (TPSA) is 80.5 Å². The van der Waals surface area contributed by atoms with Crippen molar-refractivity contribution < 1.29 is 0 Å². The van der Waals surface area contributed by atoms with Crippen molar-refractivity contribution >= 4 is 11.3 Å². The van der Waals surface area contributed by atoms with Crippen LogP contribution < -0.4 is 5.73 Å². The van der Waals surface area contributed by atoms with Gasteiger partial charge in [0.15, 0.2) is 0 Å². The van der Waals surface area contributed by atoms with Gasteiger partial charge in [0.2, 0.25) is 5.82 Å². The van der Waals surface area contributed by atoms with Crippen LogP contribution in [0.1, 0.15) is 28.9 Å². The summed E-state index contributed by atoms with van der Waals surface area (Å²) in [4.78, 5) is 8.84. The first-order chi connectivity index (χ1) is 10.2. The van der Waals surface area contributed by atoms with E-state index in [0.29, 0.717) is 11.6 Å². The predicted octanol–water partition coefficient (Wildman–Crippen LogP) is 2.87. The van der Waals surface area contributed by atoms with E-state index in [-0.39, 0.29) is 6.04 Å². The molecule has 5 nitrogen and oxygen atoms in total. The lowest BCUT2D eigenvalue weighted by Crippen LogP contribution is -2.13. The molecule has 0 fully saturated rings. The fourth-order valence-electron chi connectivity index (χ4n) is 2.12. The van der Waals surface area contributed by atoms with Crippen LogP contribution in [0.5, 0.6) is 0 Å². The third kappa shape index (κ3) is 3.34. The zero-order valence-electron chi connectivity index (χ0n) is 11.8. The first-order valence-corrected chi connectivity index (χ1v) is 7.74. The maximum absolute atomic E-state index is 6.19. The van der Waals surface area contributed by atoms with Crippen LogP contribution in [0.15, 0.2) is 35.7 Å². The molecule has 1 atom stereocenters. The number of aromatic amines is 1. The summed E-state index contributed by atoms with van der Waals surface area (Å²) >= 11 is 1.59. The Kier molecular flexibility index (Phi) is 4.08. The molecular weight excluding hydrogens is 282 g/mol. The highest BCUT2D eigenvalue weighted by molar-refractivity contribution is 7.09. The molecule has 21 heavy (non-hydrogen) atoms. The number of rotatable bonds is 5. The standard InChI is InChI=1S/C15H17N5S/c1-10-17-13(9-21-10)15-18-14(19-20-15)12(16)8-7-11-5-3-2-4-6-11/h2-6,9,12H,7-8,16H2,1H3,(H,18,19,20)/t12-/m1/s1. The summed E-state index contributed by atoms with van der Waals surface area (Å²) in [6.07, 6.45) is 1.75. The minimum Gasteiger partial charge on any atom is -0.321 e. The third-order valence-corrected chi connectivity index (χ3v) is 4.06. The number of nitrogens with one attached hydrogen (secondary N) is 1. The van der Waals surface area contributed by atoms with E-state index >= 15 is 0 Å². The first-order valence-electron chi connectivity index (χ1n) is 6.86. The van der Waals surface area contributed by atoms with Crippen molar-refractivity contribution in [1.82, 2.24) is 20.2 Å². The van der Waals surface area contributed by atoms with Crippen molar-refractivity contribution in [2.75, 3.05) is 0 Å². The summed E-state index contributed by atoms with van der Waals surface area (Å²) in [5, 5.41) is 10.1. The van der Waals surface area contributed by atoms with Crippen LogP contribution in [0.25, 0.3) is 11.5 Å². The molecule has 0 bridgehead atoms. The summed E-state index contributed by atoms with van der Waals surface area (Å²) in [5.41, 5.74) is 8.27. The number of hydrogen-bond acceptors (Lipinski definition) is 5. The van der Waals surface area contributed by atoms with E-state index < -0.39 is 0 Å². The molecule has 2 heterocycles. The second-order valence-corrected chi connectivity index (χ2v) is 5.99. The Morgan fingerprint density at radius 1 is 1.24 bits per heavy atom. The number of hydrogen-bond donors (Lipinski definition) is 2. The zero-order valence-corrected chi connectivity index (χ0v) is 12.6. The lowest BCUT2D eigenvalue weighted by Gasteiger charge is -2.07. The van der Waals surface area contributed by atoms with E-state index in [4.69, 9.17) is 5.73 Å². The largest absolute Gasteiger partial charge is 0.321 e. The molecule has 0 spiro atoms. The van der Waals surface area contributed by atoms with Crippen molar-refractivity contribution in [1.29, 1.82) is 0 Å². The summed E-state index contributed by atoms with van der Waals surface area (Å²) in [6, 6.07) is 10.2. The lowest BCUT2D eigenvalue weighted by molar-refractivity contribution is 0.615. The van der Waals surface area contributed by atoms with Crippen molar-refractivity contribution in [3.8, 4) is 11.5 Å². The Morgan fingerprint density at radius 2 is 2.05 bits per heavy atom. The van der Waals surface area contributed by atoms with Gasteiger partial charge < -0.3 is 5.73 Å². The zero-order chi connectivity index (χ0) is 14.7. The average Bonchev–Trinajstić information content (AvgIpc) is 3.14. The van der Waals surface area contributed by atoms with E-state index in [1.54, 1.807) is 11.3 Å². The Balaban J connectivity index is 1.65. The summed E-state index contributed by atoms with van der Waals surface area (Å²) in [7, 11) is 0. The number of aryl methyl sites for hydroxylation is 2. The van der Waals surface area contributed by atoms with E-state index in [1.165, 1.54) is 5.56 Å². The van der Waals surface area contributed by atoms with Crippen LogP contribution in [0.4, 0.5) is 0 Å². The first kappa shape index (κ1) is 13.9. The number of thiazole rings is 1. The van der Waals surface area contributed by atoms with Crippen LogP contribution in [0.3, 0.4) is 0 Å². The maximum atomic E-state index is 6.19. The molecule has 2 aromatic heterocycles. The molecule has 3 aromatic rings. The number of H-pyrrole nitrogens is 1. The number of aromatic nitrogens is 4. The minimum absolute atomic E-state index is 0.147. The van der Waals surface area contributed by atoms with Gasteiger partial charge in [0.05, 0.1) is 11.0 Å². The van der Waals surface area contributed by atoms with E-state index in [0.717, 1.165) is 23.5 Å². The fraction of sp³-hybridized carbons (Fsp3) is 0.267. The molecule has 0 saturated heterocycles. The van der Waals surface area contributed by atoms with Gasteiger partial charge in [0.1, 0.15) is 11.5 Å². The molecule has 1 aromatic carbocycles. The van der Waals surface area contributed by atoms with E-state index in [1.807, 2.05) is 30.5 Å². The van der Waals surface area contributed by atoms with Crippen LogP contribution >= 0.6 is 11.3 Å². The van der Waals surface area contributed by atoms with Gasteiger partial charge in [-0.05, 0) is 25.3 Å². The molecule has 3 rings (SSSR count). The molecule has 3 N–H and O–H groups in total. The number of nitrogens with two attached hydrogens (primary N) is 1. The molecular formula is C15H17N5S. The minimum atomic E-state index is -0.147. The highest BCUT2D eigenvalue weighted by atomic mass is 32.1. The van der Waals surface area contributed by atoms with Gasteiger partial charge in [-0.1, -0.05) is 30.3 Å². The van der Waals surface area contributed by atoms with Crippen molar-refractivity contribution in [3.63, 3.8) is 0 Å². The fourth-order valence-corrected chi connectivity index (χ4v) is 2.72. The van der Waals surface area contributed by atoms with Gasteiger partial charge in [-0.25, -0.2) is 9.97 Å². The van der Waals surface area contributed by atoms with Gasteiger partial charge in [0, 0.05) is 5.38 Å². The quantitative estimate of drug-likeness (QED) is 0.759. The number of benzene rings is 1. The monoisotopic (exact) mass is 299 g/mol. The average molecular weight is 299 g/mol. The van der Waals surface area contributed by atoms with Gasteiger partial charge in [-0.2, -0.15) is 5.10 Å². The molecule has 0 aliphatic rings. The molecule has 0 radical (unpaired) electrons. The van der Waals surface area contributed by atoms with E-state index in [9.17, 15) is 0 Å². The Bertz CT molecular complexity index is 704. The summed E-state index contributed by atoms with van der Waals surface area (Å²) in [6.45, 7) is 1.97. The van der Waals surface area contributed by atoms with E-state index in [2.05, 4.69) is 32.3 Å². The van der Waals surface area contributed by atoms with Crippen molar-refractivity contribution in [2.45, 2.75) is 25.8 Å². The molecule has 0 aliphatic heterocycles. The molecule has 0 amide bonds. The Morgan fingerprint density at radius 3 is 2.76 bits per heavy atom. The van der Waals surface area contributed by atoms with Crippen LogP contribution in [-0.2, 0) is 6.42 Å². The molecule has 0 aliphatic carbocycles. The molecule has 108 valence electrons. The second-order valence-electron chi connectivity index (χ2n) is 4.93. The van der Waals surface area contributed by atoms with Gasteiger partial charge in [-0.15, -0.1) is 11.3 Å². The van der Waals surface area contributed by atoms with Crippen LogP contribution in [0.2, 0.25) is 0 Å². The highest BCUT2D eigenvalue weighted by Crippen LogP contribution is 2.20. The summed E-state index contributed by atoms with van der Waals surface area (Å²) in [5.74, 6) is 1.33. The lowest BCUT2D eigenvalue weighted by atomic mass is 10.1. The molecule has 0 unspecified atom stereocenters. The van der Waals surface area contributed by atoms with Crippen LogP contribution in [0, 0.1) is 6.92 Å². The third-order valence-electron chi connectivity index (χ3n) is 3.29. The second kappa shape index (κ2) is 6.15.